The van der Waals surface area contributed by atoms with Gasteiger partial charge in [0, 0.05) is 17.2 Å². The Morgan fingerprint density at radius 3 is 2.43 bits per heavy atom. The monoisotopic (exact) mass is 332 g/mol. The summed E-state index contributed by atoms with van der Waals surface area (Å²) in [6.45, 7) is 5.53. The van der Waals surface area contributed by atoms with Crippen LogP contribution in [0.2, 0.25) is 0 Å². The first-order valence-corrected chi connectivity index (χ1v) is 8.03. The second-order valence-electron chi connectivity index (χ2n) is 6.05. The van der Waals surface area contributed by atoms with Gasteiger partial charge in [-0.1, -0.05) is 26.8 Å². The Labute approximate surface area is 139 Å². The highest BCUT2D eigenvalue weighted by Gasteiger charge is 2.21. The average Bonchev–Trinajstić information content (AvgIpc) is 3.02. The first-order valence-electron chi connectivity index (χ1n) is 7.15. The van der Waals surface area contributed by atoms with E-state index in [4.69, 9.17) is 4.74 Å². The van der Waals surface area contributed by atoms with Crippen molar-refractivity contribution in [2.24, 2.45) is 5.41 Å². The predicted octanol–water partition coefficient (Wildman–Crippen LogP) is 3.99. The van der Waals surface area contributed by atoms with E-state index in [0.717, 1.165) is 0 Å². The maximum absolute atomic E-state index is 12.1. The van der Waals surface area contributed by atoms with Crippen molar-refractivity contribution < 1.29 is 14.3 Å². The quantitative estimate of drug-likeness (QED) is 0.889. The maximum atomic E-state index is 12.1. The molecule has 0 saturated carbocycles. The number of rotatable bonds is 4. The Balaban J connectivity index is 2.16. The Morgan fingerprint density at radius 1 is 1.13 bits per heavy atom. The molecule has 2 aromatic rings. The van der Waals surface area contributed by atoms with Gasteiger partial charge >= 0.3 is 0 Å². The number of hydrogen-bond donors (Lipinski definition) is 2. The molecule has 0 spiro atoms. The third-order valence-electron chi connectivity index (χ3n) is 3.13. The largest absolute Gasteiger partial charge is 0.494 e. The van der Waals surface area contributed by atoms with Crippen molar-refractivity contribution in [3.8, 4) is 5.75 Å². The second-order valence-corrected chi connectivity index (χ2v) is 7.00. The van der Waals surface area contributed by atoms with Crippen molar-refractivity contribution >= 4 is 34.5 Å². The summed E-state index contributed by atoms with van der Waals surface area (Å²) in [5, 5.41) is 7.49. The smallest absolute Gasteiger partial charge is 0.265 e. The maximum Gasteiger partial charge on any atom is 0.265 e. The first-order chi connectivity index (χ1) is 10.8. The fourth-order valence-electron chi connectivity index (χ4n) is 1.78. The van der Waals surface area contributed by atoms with Crippen LogP contribution in [-0.2, 0) is 4.79 Å². The van der Waals surface area contributed by atoms with Crippen LogP contribution in [-0.4, -0.2) is 18.9 Å². The van der Waals surface area contributed by atoms with E-state index in [1.54, 1.807) is 24.3 Å². The van der Waals surface area contributed by atoms with Gasteiger partial charge in [-0.05, 0) is 23.6 Å². The lowest BCUT2D eigenvalue weighted by atomic mass is 9.95. The first kappa shape index (κ1) is 17.0. The van der Waals surface area contributed by atoms with E-state index in [-0.39, 0.29) is 11.8 Å². The molecule has 5 nitrogen and oxygen atoms in total. The van der Waals surface area contributed by atoms with Gasteiger partial charge in [-0.3, -0.25) is 9.59 Å². The number of amides is 2. The van der Waals surface area contributed by atoms with Gasteiger partial charge in [0.15, 0.2) is 0 Å². The Morgan fingerprint density at radius 2 is 1.87 bits per heavy atom. The average molecular weight is 332 g/mol. The van der Waals surface area contributed by atoms with Gasteiger partial charge in [-0.15, -0.1) is 11.3 Å². The summed E-state index contributed by atoms with van der Waals surface area (Å²) in [6, 6.07) is 8.71. The summed E-state index contributed by atoms with van der Waals surface area (Å²) < 4.78 is 5.31. The fourth-order valence-corrected chi connectivity index (χ4v) is 2.40. The minimum absolute atomic E-state index is 0.0880. The lowest BCUT2D eigenvalue weighted by Crippen LogP contribution is -2.27. The van der Waals surface area contributed by atoms with E-state index >= 15 is 0 Å². The molecule has 6 heteroatoms. The van der Waals surface area contributed by atoms with Crippen LogP contribution in [0.25, 0.3) is 0 Å². The number of carbonyl (C=O) groups excluding carboxylic acids is 2. The number of anilines is 2. The standard InChI is InChI=1S/C17H20N2O3S/c1-17(2,3)16(21)18-11-7-8-12(13(10-11)22-4)19-15(20)14-6-5-9-23-14/h5-10H,1-4H3,(H,18,21)(H,19,20). The highest BCUT2D eigenvalue weighted by Crippen LogP contribution is 2.29. The molecular weight excluding hydrogens is 312 g/mol. The van der Waals surface area contributed by atoms with Gasteiger partial charge in [0.1, 0.15) is 5.75 Å². The van der Waals surface area contributed by atoms with Crippen LogP contribution in [0, 0.1) is 5.41 Å². The molecule has 1 heterocycles. The molecule has 0 aliphatic rings. The summed E-state index contributed by atoms with van der Waals surface area (Å²) in [5.74, 6) is 0.210. The van der Waals surface area contributed by atoms with E-state index in [2.05, 4.69) is 10.6 Å². The van der Waals surface area contributed by atoms with Crippen LogP contribution < -0.4 is 15.4 Å². The highest BCUT2D eigenvalue weighted by atomic mass is 32.1. The predicted molar refractivity (Wildman–Crippen MR) is 93.4 cm³/mol. The molecule has 0 bridgehead atoms. The van der Waals surface area contributed by atoms with Crippen molar-refractivity contribution in [3.63, 3.8) is 0 Å². The molecule has 0 fully saturated rings. The third-order valence-corrected chi connectivity index (χ3v) is 4.00. The molecule has 1 aromatic heterocycles. The lowest BCUT2D eigenvalue weighted by Gasteiger charge is -2.18. The third kappa shape index (κ3) is 4.32. The van der Waals surface area contributed by atoms with Crippen LogP contribution in [0.3, 0.4) is 0 Å². The van der Waals surface area contributed by atoms with E-state index < -0.39 is 5.41 Å². The lowest BCUT2D eigenvalue weighted by molar-refractivity contribution is -0.123. The number of carbonyl (C=O) groups is 2. The molecule has 23 heavy (non-hydrogen) atoms. The Bertz CT molecular complexity index is 703. The molecule has 0 radical (unpaired) electrons. The van der Waals surface area contributed by atoms with Gasteiger partial charge < -0.3 is 15.4 Å². The molecule has 0 saturated heterocycles. The molecular formula is C17H20N2O3S. The van der Waals surface area contributed by atoms with Crippen LogP contribution in [0.4, 0.5) is 11.4 Å². The van der Waals surface area contributed by atoms with Crippen molar-refractivity contribution in [1.29, 1.82) is 0 Å². The van der Waals surface area contributed by atoms with Crippen molar-refractivity contribution in [2.45, 2.75) is 20.8 Å². The van der Waals surface area contributed by atoms with E-state index in [9.17, 15) is 9.59 Å². The van der Waals surface area contributed by atoms with Crippen LogP contribution in [0.1, 0.15) is 30.4 Å². The van der Waals surface area contributed by atoms with E-state index in [0.29, 0.717) is 22.0 Å². The fraction of sp³-hybridized carbons (Fsp3) is 0.294. The number of methoxy groups -OCH3 is 1. The van der Waals surface area contributed by atoms with Gasteiger partial charge in [0.05, 0.1) is 17.7 Å². The topological polar surface area (TPSA) is 67.4 Å². The normalized spacial score (nSPS) is 11.0. The molecule has 0 unspecified atom stereocenters. The zero-order chi connectivity index (χ0) is 17.0. The van der Waals surface area contributed by atoms with Crippen molar-refractivity contribution in [3.05, 3.63) is 40.6 Å². The van der Waals surface area contributed by atoms with Crippen LogP contribution in [0.15, 0.2) is 35.7 Å². The van der Waals surface area contributed by atoms with Gasteiger partial charge in [0.2, 0.25) is 5.91 Å². The second kappa shape index (κ2) is 6.83. The molecule has 0 atom stereocenters. The molecule has 2 rings (SSSR count). The summed E-state index contributed by atoms with van der Waals surface area (Å²) in [5.41, 5.74) is 0.690. The van der Waals surface area contributed by atoms with Crippen LogP contribution >= 0.6 is 11.3 Å². The minimum atomic E-state index is -0.487. The van der Waals surface area contributed by atoms with Crippen LogP contribution in [0.5, 0.6) is 5.75 Å². The summed E-state index contributed by atoms with van der Waals surface area (Å²) in [7, 11) is 1.52. The number of ether oxygens (including phenoxy) is 1. The van der Waals surface area contributed by atoms with Gasteiger partial charge in [0.25, 0.3) is 5.91 Å². The SMILES string of the molecule is COc1cc(NC(=O)C(C)(C)C)ccc1NC(=O)c1cccs1. The molecule has 2 amide bonds. The van der Waals surface area contributed by atoms with E-state index in [1.807, 2.05) is 32.2 Å². The molecule has 0 aliphatic carbocycles. The van der Waals surface area contributed by atoms with Gasteiger partial charge in [-0.2, -0.15) is 0 Å². The number of thiophene rings is 1. The highest BCUT2D eigenvalue weighted by molar-refractivity contribution is 7.12. The van der Waals surface area contributed by atoms with E-state index in [1.165, 1.54) is 18.4 Å². The summed E-state index contributed by atoms with van der Waals surface area (Å²) in [6.07, 6.45) is 0. The number of benzene rings is 1. The Kier molecular flexibility index (Phi) is 5.05. The molecule has 0 aliphatic heterocycles. The number of hydrogen-bond acceptors (Lipinski definition) is 4. The van der Waals surface area contributed by atoms with Gasteiger partial charge in [-0.25, -0.2) is 0 Å². The Hall–Kier alpha value is -2.34. The number of nitrogens with one attached hydrogen (secondary N) is 2. The molecule has 1 aromatic carbocycles. The molecule has 122 valence electrons. The van der Waals surface area contributed by atoms with Crippen molar-refractivity contribution in [1.82, 2.24) is 0 Å². The van der Waals surface area contributed by atoms with Crippen molar-refractivity contribution in [2.75, 3.05) is 17.7 Å². The summed E-state index contributed by atoms with van der Waals surface area (Å²) in [4.78, 5) is 24.8. The summed E-state index contributed by atoms with van der Waals surface area (Å²) >= 11 is 1.37. The minimum Gasteiger partial charge on any atom is -0.494 e. The molecule has 2 N–H and O–H groups in total. The zero-order valence-electron chi connectivity index (χ0n) is 13.6. The zero-order valence-corrected chi connectivity index (χ0v) is 14.4.